The Hall–Kier alpha value is -0.860. The van der Waals surface area contributed by atoms with E-state index in [4.69, 9.17) is 9.47 Å². The zero-order valence-electron chi connectivity index (χ0n) is 8.32. The van der Waals surface area contributed by atoms with E-state index in [0.29, 0.717) is 12.7 Å². The van der Waals surface area contributed by atoms with Gasteiger partial charge in [0.2, 0.25) is 0 Å². The standard InChI is InChI=1S/C12H16O2/c1-2-5-11(6-3-1)9-14-12-7-4-8-13-10-12/h1-3,5-6,12H,4,7-10H2/t12-/m1/s1. The summed E-state index contributed by atoms with van der Waals surface area (Å²) in [6, 6.07) is 10.3. The Balaban J connectivity index is 1.76. The van der Waals surface area contributed by atoms with E-state index >= 15 is 0 Å². The van der Waals surface area contributed by atoms with Gasteiger partial charge in [-0.2, -0.15) is 0 Å². The molecule has 0 bridgehead atoms. The fourth-order valence-electron chi connectivity index (χ4n) is 1.63. The van der Waals surface area contributed by atoms with Gasteiger partial charge in [0.25, 0.3) is 0 Å². The van der Waals surface area contributed by atoms with Crippen molar-refractivity contribution in [1.29, 1.82) is 0 Å². The van der Waals surface area contributed by atoms with Crippen molar-refractivity contribution in [2.24, 2.45) is 0 Å². The van der Waals surface area contributed by atoms with Crippen molar-refractivity contribution in [3.05, 3.63) is 35.9 Å². The summed E-state index contributed by atoms with van der Waals surface area (Å²) in [5.74, 6) is 0. The van der Waals surface area contributed by atoms with E-state index in [-0.39, 0.29) is 0 Å². The molecule has 0 aromatic heterocycles. The maximum atomic E-state index is 5.74. The maximum absolute atomic E-state index is 5.74. The molecule has 1 saturated heterocycles. The number of ether oxygens (including phenoxy) is 2. The van der Waals surface area contributed by atoms with Crippen molar-refractivity contribution < 1.29 is 9.47 Å². The van der Waals surface area contributed by atoms with E-state index in [0.717, 1.165) is 26.1 Å². The molecule has 0 aliphatic carbocycles. The van der Waals surface area contributed by atoms with Crippen LogP contribution < -0.4 is 0 Å². The van der Waals surface area contributed by atoms with Gasteiger partial charge in [-0.15, -0.1) is 0 Å². The summed E-state index contributed by atoms with van der Waals surface area (Å²) in [6.45, 7) is 2.35. The van der Waals surface area contributed by atoms with Crippen molar-refractivity contribution in [3.8, 4) is 0 Å². The Morgan fingerprint density at radius 3 is 2.86 bits per heavy atom. The molecule has 1 heterocycles. The fourth-order valence-corrected chi connectivity index (χ4v) is 1.63. The van der Waals surface area contributed by atoms with Crippen LogP contribution in [0.4, 0.5) is 0 Å². The van der Waals surface area contributed by atoms with Gasteiger partial charge in [0.15, 0.2) is 0 Å². The summed E-state index contributed by atoms with van der Waals surface area (Å²) in [4.78, 5) is 0. The third-order valence-corrected chi connectivity index (χ3v) is 2.45. The highest BCUT2D eigenvalue weighted by Gasteiger charge is 2.13. The van der Waals surface area contributed by atoms with Gasteiger partial charge >= 0.3 is 0 Å². The summed E-state index contributed by atoms with van der Waals surface area (Å²) in [6.07, 6.45) is 2.55. The van der Waals surface area contributed by atoms with Gasteiger partial charge in [0.05, 0.1) is 19.3 Å². The highest BCUT2D eigenvalue weighted by atomic mass is 16.5. The van der Waals surface area contributed by atoms with Crippen LogP contribution in [0.1, 0.15) is 18.4 Å². The molecule has 2 nitrogen and oxygen atoms in total. The maximum Gasteiger partial charge on any atom is 0.0813 e. The van der Waals surface area contributed by atoms with Gasteiger partial charge in [-0.25, -0.2) is 0 Å². The Morgan fingerprint density at radius 1 is 1.29 bits per heavy atom. The molecule has 2 rings (SSSR count). The minimum absolute atomic E-state index is 0.295. The molecule has 1 aromatic carbocycles. The lowest BCUT2D eigenvalue weighted by Crippen LogP contribution is -2.25. The van der Waals surface area contributed by atoms with Crippen molar-refractivity contribution in [2.45, 2.75) is 25.6 Å². The van der Waals surface area contributed by atoms with Crippen LogP contribution in [0.25, 0.3) is 0 Å². The van der Waals surface area contributed by atoms with E-state index in [2.05, 4.69) is 12.1 Å². The van der Waals surface area contributed by atoms with Crippen molar-refractivity contribution in [1.82, 2.24) is 0 Å². The molecule has 0 unspecified atom stereocenters. The minimum atomic E-state index is 0.295. The number of benzene rings is 1. The molecule has 14 heavy (non-hydrogen) atoms. The van der Waals surface area contributed by atoms with Crippen LogP contribution in [0.15, 0.2) is 30.3 Å². The molecule has 0 spiro atoms. The zero-order valence-corrected chi connectivity index (χ0v) is 8.32. The lowest BCUT2D eigenvalue weighted by molar-refractivity contribution is -0.0568. The molecular formula is C12H16O2. The van der Waals surface area contributed by atoms with Gasteiger partial charge < -0.3 is 9.47 Å². The second-order valence-electron chi connectivity index (χ2n) is 3.64. The fraction of sp³-hybridized carbons (Fsp3) is 0.500. The molecule has 1 aromatic rings. The summed E-state index contributed by atoms with van der Waals surface area (Å²) in [7, 11) is 0. The first-order chi connectivity index (χ1) is 6.95. The Morgan fingerprint density at radius 2 is 2.14 bits per heavy atom. The lowest BCUT2D eigenvalue weighted by Gasteiger charge is -2.22. The lowest BCUT2D eigenvalue weighted by atomic mass is 10.2. The second kappa shape index (κ2) is 5.13. The van der Waals surface area contributed by atoms with Crippen LogP contribution in [0, 0.1) is 0 Å². The van der Waals surface area contributed by atoms with Crippen molar-refractivity contribution >= 4 is 0 Å². The Bertz CT molecular complexity index is 252. The summed E-state index contributed by atoms with van der Waals surface area (Å²) < 4.78 is 11.1. The predicted octanol–water partition coefficient (Wildman–Crippen LogP) is 2.38. The molecule has 1 fully saturated rings. The monoisotopic (exact) mass is 192 g/mol. The summed E-state index contributed by atoms with van der Waals surface area (Å²) in [5.41, 5.74) is 1.23. The highest BCUT2D eigenvalue weighted by Crippen LogP contribution is 2.12. The van der Waals surface area contributed by atoms with E-state index in [1.54, 1.807) is 0 Å². The molecule has 0 saturated carbocycles. The first-order valence-corrected chi connectivity index (χ1v) is 5.18. The third-order valence-electron chi connectivity index (χ3n) is 2.45. The summed E-state index contributed by atoms with van der Waals surface area (Å²) in [5, 5.41) is 0. The van der Waals surface area contributed by atoms with Gasteiger partial charge in [0.1, 0.15) is 0 Å². The smallest absolute Gasteiger partial charge is 0.0813 e. The topological polar surface area (TPSA) is 18.5 Å². The quantitative estimate of drug-likeness (QED) is 0.732. The average molecular weight is 192 g/mol. The van der Waals surface area contributed by atoms with E-state index in [1.165, 1.54) is 5.56 Å². The van der Waals surface area contributed by atoms with Gasteiger partial charge in [-0.1, -0.05) is 30.3 Å². The molecule has 76 valence electrons. The van der Waals surface area contributed by atoms with Gasteiger partial charge in [-0.05, 0) is 18.4 Å². The molecule has 0 amide bonds. The van der Waals surface area contributed by atoms with Crippen LogP contribution in [0.3, 0.4) is 0 Å². The van der Waals surface area contributed by atoms with Crippen molar-refractivity contribution in [3.63, 3.8) is 0 Å². The zero-order chi connectivity index (χ0) is 9.64. The largest absolute Gasteiger partial charge is 0.379 e. The first kappa shape index (κ1) is 9.69. The van der Waals surface area contributed by atoms with Gasteiger partial charge in [0, 0.05) is 6.61 Å². The second-order valence-corrected chi connectivity index (χ2v) is 3.64. The van der Waals surface area contributed by atoms with E-state index in [1.807, 2.05) is 18.2 Å². The molecular weight excluding hydrogens is 176 g/mol. The molecule has 1 aliphatic rings. The van der Waals surface area contributed by atoms with Crippen LogP contribution >= 0.6 is 0 Å². The summed E-state index contributed by atoms with van der Waals surface area (Å²) >= 11 is 0. The van der Waals surface area contributed by atoms with Crippen LogP contribution in [-0.2, 0) is 16.1 Å². The van der Waals surface area contributed by atoms with Crippen LogP contribution in [-0.4, -0.2) is 19.3 Å². The molecule has 0 radical (unpaired) electrons. The van der Waals surface area contributed by atoms with Gasteiger partial charge in [-0.3, -0.25) is 0 Å². The van der Waals surface area contributed by atoms with E-state index < -0.39 is 0 Å². The normalized spacial score (nSPS) is 22.1. The average Bonchev–Trinajstić information content (AvgIpc) is 2.29. The Kier molecular flexibility index (Phi) is 3.55. The van der Waals surface area contributed by atoms with Crippen LogP contribution in [0.5, 0.6) is 0 Å². The van der Waals surface area contributed by atoms with E-state index in [9.17, 15) is 0 Å². The molecule has 1 aliphatic heterocycles. The molecule has 0 N–H and O–H groups in total. The predicted molar refractivity (Wildman–Crippen MR) is 55.1 cm³/mol. The SMILES string of the molecule is c1ccc(CO[C@@H]2CCCOC2)cc1. The number of hydrogen-bond acceptors (Lipinski definition) is 2. The minimum Gasteiger partial charge on any atom is -0.379 e. The third kappa shape index (κ3) is 2.82. The number of hydrogen-bond donors (Lipinski definition) is 0. The highest BCUT2D eigenvalue weighted by molar-refractivity contribution is 5.13. The molecule has 1 atom stereocenters. The van der Waals surface area contributed by atoms with Crippen LogP contribution in [0.2, 0.25) is 0 Å². The first-order valence-electron chi connectivity index (χ1n) is 5.18. The number of rotatable bonds is 3. The van der Waals surface area contributed by atoms with Crippen molar-refractivity contribution in [2.75, 3.05) is 13.2 Å². The Labute approximate surface area is 84.8 Å². The molecule has 2 heteroatoms.